The minimum absolute atomic E-state index is 0. The third kappa shape index (κ3) is 8.26. The van der Waals surface area contributed by atoms with Crippen LogP contribution in [0.15, 0.2) is 24.3 Å². The van der Waals surface area contributed by atoms with Gasteiger partial charge in [-0.1, -0.05) is 45.0 Å². The van der Waals surface area contributed by atoms with E-state index in [0.29, 0.717) is 12.5 Å². The fourth-order valence-corrected chi connectivity index (χ4v) is 3.27. The quantitative estimate of drug-likeness (QED) is 0.728. The maximum atomic E-state index is 12.1. The lowest BCUT2D eigenvalue weighted by molar-refractivity contribution is -0.122. The molecule has 1 amide bonds. The topological polar surface area (TPSA) is 58.4 Å². The molecule has 26 heavy (non-hydrogen) atoms. The monoisotopic (exact) mass is 403 g/mol. The van der Waals surface area contributed by atoms with Gasteiger partial charge in [0.25, 0.3) is 0 Å². The maximum absolute atomic E-state index is 12.1. The molecule has 0 saturated carbocycles. The smallest absolute Gasteiger partial charge is 0.237 e. The van der Waals surface area contributed by atoms with Gasteiger partial charge in [-0.15, -0.1) is 24.8 Å². The summed E-state index contributed by atoms with van der Waals surface area (Å²) in [6.45, 7) is 10.4. The molecule has 1 fully saturated rings. The number of carbonyl (C=O) groups is 1. The number of hydrogen-bond acceptors (Lipinski definition) is 3. The van der Waals surface area contributed by atoms with E-state index in [0.717, 1.165) is 18.9 Å². The van der Waals surface area contributed by atoms with Gasteiger partial charge in [-0.3, -0.25) is 9.69 Å². The Morgan fingerprint density at radius 2 is 1.77 bits per heavy atom. The Labute approximate surface area is 171 Å². The van der Waals surface area contributed by atoms with Crippen molar-refractivity contribution in [3.63, 3.8) is 0 Å². The second-order valence-electron chi connectivity index (χ2n) is 7.68. The van der Waals surface area contributed by atoms with E-state index in [1.54, 1.807) is 0 Å². The summed E-state index contributed by atoms with van der Waals surface area (Å²) in [7, 11) is 0. The van der Waals surface area contributed by atoms with Crippen LogP contribution in [0.3, 0.4) is 0 Å². The molecule has 1 atom stereocenters. The zero-order valence-electron chi connectivity index (χ0n) is 16.2. The molecular formula is C20H35Cl2N3O. The van der Waals surface area contributed by atoms with Crippen molar-refractivity contribution < 1.29 is 4.79 Å². The molecular weight excluding hydrogens is 369 g/mol. The Kier molecular flexibility index (Phi) is 12.2. The predicted molar refractivity (Wildman–Crippen MR) is 114 cm³/mol. The zero-order chi connectivity index (χ0) is 17.5. The van der Waals surface area contributed by atoms with Crippen LogP contribution >= 0.6 is 24.8 Å². The number of halogens is 2. The number of benzene rings is 1. The fourth-order valence-electron chi connectivity index (χ4n) is 3.27. The molecule has 6 heteroatoms. The van der Waals surface area contributed by atoms with Crippen LogP contribution < -0.4 is 11.1 Å². The van der Waals surface area contributed by atoms with Crippen LogP contribution in [0.4, 0.5) is 0 Å². The highest BCUT2D eigenvalue weighted by atomic mass is 35.5. The normalized spacial score (nSPS) is 16.5. The zero-order valence-corrected chi connectivity index (χ0v) is 17.9. The van der Waals surface area contributed by atoms with E-state index in [4.69, 9.17) is 5.73 Å². The lowest BCUT2D eigenvalue weighted by Gasteiger charge is -2.30. The third-order valence-electron chi connectivity index (χ3n) is 4.90. The summed E-state index contributed by atoms with van der Waals surface area (Å²) in [4.78, 5) is 14.7. The molecule has 3 N–H and O–H groups in total. The van der Waals surface area contributed by atoms with Gasteiger partial charge in [-0.05, 0) is 55.3 Å². The average Bonchev–Trinajstić information content (AvgIpc) is 2.55. The van der Waals surface area contributed by atoms with E-state index in [1.165, 1.54) is 37.1 Å². The Hall–Kier alpha value is -0.810. The first-order valence-corrected chi connectivity index (χ1v) is 9.28. The van der Waals surface area contributed by atoms with Gasteiger partial charge >= 0.3 is 0 Å². The van der Waals surface area contributed by atoms with Crippen molar-refractivity contribution in [3.05, 3.63) is 35.4 Å². The Bertz CT molecular complexity index is 532. The molecule has 0 aromatic heterocycles. The fraction of sp³-hybridized carbons (Fsp3) is 0.650. The first-order chi connectivity index (χ1) is 11.5. The van der Waals surface area contributed by atoms with Crippen LogP contribution in [-0.4, -0.2) is 29.9 Å². The number of nitrogens with one attached hydrogen (secondary N) is 1. The van der Waals surface area contributed by atoms with Crippen LogP contribution in [0, 0.1) is 11.8 Å². The summed E-state index contributed by atoms with van der Waals surface area (Å²) in [6, 6.07) is 7.99. The van der Waals surface area contributed by atoms with Crippen molar-refractivity contribution in [2.45, 2.75) is 59.2 Å². The first-order valence-electron chi connectivity index (χ1n) is 9.28. The van der Waals surface area contributed by atoms with Gasteiger partial charge in [0.15, 0.2) is 0 Å². The third-order valence-corrected chi connectivity index (χ3v) is 4.90. The van der Waals surface area contributed by atoms with Gasteiger partial charge in [0, 0.05) is 13.1 Å². The van der Waals surface area contributed by atoms with Gasteiger partial charge in [-0.25, -0.2) is 0 Å². The summed E-state index contributed by atoms with van der Waals surface area (Å²) in [6.07, 6.45) is 3.28. The van der Waals surface area contributed by atoms with E-state index in [1.807, 2.05) is 6.07 Å². The van der Waals surface area contributed by atoms with Crippen molar-refractivity contribution in [1.82, 2.24) is 10.2 Å². The van der Waals surface area contributed by atoms with Gasteiger partial charge in [0.1, 0.15) is 0 Å². The van der Waals surface area contributed by atoms with Crippen LogP contribution in [0.1, 0.15) is 51.2 Å². The van der Waals surface area contributed by atoms with E-state index in [-0.39, 0.29) is 30.7 Å². The van der Waals surface area contributed by atoms with E-state index >= 15 is 0 Å². The Morgan fingerprint density at radius 1 is 1.19 bits per heavy atom. The molecule has 1 aliphatic heterocycles. The highest BCUT2D eigenvalue weighted by Gasteiger charge is 2.18. The molecule has 1 aromatic rings. The molecule has 0 bridgehead atoms. The molecule has 0 aliphatic carbocycles. The molecule has 1 aromatic carbocycles. The number of hydrogen-bond donors (Lipinski definition) is 2. The summed E-state index contributed by atoms with van der Waals surface area (Å²) in [5, 5.41) is 3.01. The second-order valence-corrected chi connectivity index (χ2v) is 7.68. The average molecular weight is 404 g/mol. The van der Waals surface area contributed by atoms with Crippen LogP contribution in [0.2, 0.25) is 0 Å². The van der Waals surface area contributed by atoms with Crippen LogP contribution in [0.5, 0.6) is 0 Å². The van der Waals surface area contributed by atoms with Crippen molar-refractivity contribution in [2.24, 2.45) is 17.6 Å². The van der Waals surface area contributed by atoms with E-state index < -0.39 is 6.04 Å². The maximum Gasteiger partial charge on any atom is 0.237 e. The molecule has 2 rings (SSSR count). The minimum atomic E-state index is -0.416. The molecule has 0 unspecified atom stereocenters. The number of rotatable bonds is 7. The molecule has 1 saturated heterocycles. The first kappa shape index (κ1) is 25.2. The van der Waals surface area contributed by atoms with Crippen LogP contribution in [-0.2, 0) is 17.9 Å². The number of amides is 1. The lowest BCUT2D eigenvalue weighted by atomic mass is 9.98. The van der Waals surface area contributed by atoms with E-state index in [2.05, 4.69) is 49.2 Å². The van der Waals surface area contributed by atoms with Gasteiger partial charge in [0.2, 0.25) is 5.91 Å². The summed E-state index contributed by atoms with van der Waals surface area (Å²) in [5.41, 5.74) is 8.47. The molecule has 1 aliphatic rings. The van der Waals surface area contributed by atoms with Crippen LogP contribution in [0.25, 0.3) is 0 Å². The number of nitrogens with two attached hydrogens (primary N) is 1. The Balaban J connectivity index is 0.00000312. The lowest BCUT2D eigenvalue weighted by Crippen LogP contribution is -2.41. The number of carbonyl (C=O) groups excluding carboxylic acids is 1. The largest absolute Gasteiger partial charge is 0.351 e. The van der Waals surface area contributed by atoms with Gasteiger partial charge in [-0.2, -0.15) is 0 Å². The highest BCUT2D eigenvalue weighted by molar-refractivity contribution is 5.85. The second kappa shape index (κ2) is 12.6. The van der Waals surface area contributed by atoms with Crippen molar-refractivity contribution in [3.8, 4) is 0 Å². The number of nitrogens with zero attached hydrogens (tertiary/aromatic N) is 1. The standard InChI is InChI=1S/C20H33N3O.2ClH/c1-15(2)12-19(21)20(24)22-13-17-6-4-5-7-18(17)14-23-10-8-16(3)9-11-23;;/h4-7,15-16,19H,8-14,21H2,1-3H3,(H,22,24);2*1H/t19-;;/m0../s1. The van der Waals surface area contributed by atoms with Crippen molar-refractivity contribution >= 4 is 30.7 Å². The molecule has 150 valence electrons. The SMILES string of the molecule is CC(C)C[C@H](N)C(=O)NCc1ccccc1CN1CCC(C)CC1.Cl.Cl. The predicted octanol–water partition coefficient (Wildman–Crippen LogP) is 3.75. The van der Waals surface area contributed by atoms with Crippen molar-refractivity contribution in [1.29, 1.82) is 0 Å². The number of piperidine rings is 1. The molecule has 0 spiro atoms. The highest BCUT2D eigenvalue weighted by Crippen LogP contribution is 2.19. The van der Waals surface area contributed by atoms with E-state index in [9.17, 15) is 4.79 Å². The number of likely N-dealkylation sites (tertiary alicyclic amines) is 1. The molecule has 1 heterocycles. The van der Waals surface area contributed by atoms with Gasteiger partial charge in [0.05, 0.1) is 6.04 Å². The minimum Gasteiger partial charge on any atom is -0.351 e. The summed E-state index contributed by atoms with van der Waals surface area (Å²) < 4.78 is 0. The summed E-state index contributed by atoms with van der Waals surface area (Å²) in [5.74, 6) is 1.23. The molecule has 4 nitrogen and oxygen atoms in total. The van der Waals surface area contributed by atoms with Crippen molar-refractivity contribution in [2.75, 3.05) is 13.1 Å². The summed E-state index contributed by atoms with van der Waals surface area (Å²) >= 11 is 0. The molecule has 0 radical (unpaired) electrons. The Morgan fingerprint density at radius 3 is 2.35 bits per heavy atom. The van der Waals surface area contributed by atoms with Gasteiger partial charge < -0.3 is 11.1 Å².